The van der Waals surface area contributed by atoms with Crippen LogP contribution in [0.3, 0.4) is 0 Å². The third kappa shape index (κ3) is 5.19. The highest BCUT2D eigenvalue weighted by Gasteiger charge is 2.12. The predicted molar refractivity (Wildman–Crippen MR) is 137 cm³/mol. The number of hydrogen-bond acceptors (Lipinski definition) is 6. The summed E-state index contributed by atoms with van der Waals surface area (Å²) in [6.07, 6.45) is 3.16. The maximum absolute atomic E-state index is 12.6. The van der Waals surface area contributed by atoms with Gasteiger partial charge < -0.3 is 27.0 Å². The van der Waals surface area contributed by atoms with Crippen LogP contribution in [0.15, 0.2) is 72.9 Å². The van der Waals surface area contributed by atoms with Crippen LogP contribution in [-0.4, -0.2) is 16.0 Å². The van der Waals surface area contributed by atoms with Crippen molar-refractivity contribution in [3.8, 4) is 0 Å². The van der Waals surface area contributed by atoms with Crippen LogP contribution >= 0.6 is 11.6 Å². The van der Waals surface area contributed by atoms with Crippen molar-refractivity contribution in [1.29, 1.82) is 0 Å². The molecule has 34 heavy (non-hydrogen) atoms. The molecule has 0 saturated heterocycles. The Morgan fingerprint density at radius 2 is 1.65 bits per heavy atom. The van der Waals surface area contributed by atoms with Crippen LogP contribution in [0.4, 0.5) is 45.0 Å². The fourth-order valence-corrected chi connectivity index (χ4v) is 3.85. The summed E-state index contributed by atoms with van der Waals surface area (Å²) in [5.41, 5.74) is 11.5. The summed E-state index contributed by atoms with van der Waals surface area (Å²) in [5, 5.41) is 12.6. The number of hydrogen-bond donors (Lipinski definition) is 5. The number of halogens is 1. The first-order chi connectivity index (χ1) is 16.5. The molecule has 0 radical (unpaired) electrons. The first-order valence-corrected chi connectivity index (χ1v) is 11.1. The number of aryl methyl sites for hydroxylation is 2. The van der Waals surface area contributed by atoms with E-state index in [4.69, 9.17) is 17.3 Å². The molecule has 6 N–H and O–H groups in total. The third-order valence-electron chi connectivity index (χ3n) is 5.31. The van der Waals surface area contributed by atoms with Crippen LogP contribution in [0.1, 0.15) is 11.1 Å². The molecule has 0 fully saturated rings. The molecule has 2 heterocycles. The quantitative estimate of drug-likeness (QED) is 0.231. The summed E-state index contributed by atoms with van der Waals surface area (Å²) in [6, 6.07) is 20.5. The van der Waals surface area contributed by atoms with Gasteiger partial charge in [0.1, 0.15) is 5.02 Å². The van der Waals surface area contributed by atoms with Gasteiger partial charge in [0.25, 0.3) is 0 Å². The van der Waals surface area contributed by atoms with E-state index in [1.54, 1.807) is 30.5 Å². The van der Waals surface area contributed by atoms with Gasteiger partial charge in [0.05, 0.1) is 6.20 Å². The summed E-state index contributed by atoms with van der Waals surface area (Å²) in [4.78, 5) is 21.4. The molecular weight excluding hydrogens is 450 g/mol. The minimum Gasteiger partial charge on any atom is -0.399 e. The van der Waals surface area contributed by atoms with Crippen molar-refractivity contribution in [2.45, 2.75) is 12.8 Å². The molecule has 0 unspecified atom stereocenters. The molecule has 9 heteroatoms. The molecule has 4 aromatic rings. The standard InChI is InChI=1S/C25H22ClN7O/c26-22-14-28-24-30-19-3-1-2-15(10-19)4-5-16-11-20(29-23(22)33-24)13-21(12-16)32-25(34)31-18-8-6-17(27)7-9-18/h1-3,6-14H,4-5,27H2,(H2,31,32,34)(H2,28,29,30,33). The Hall–Kier alpha value is -4.30. The molecular formula is C25H22ClN7O. The second-order valence-electron chi connectivity index (χ2n) is 7.96. The Morgan fingerprint density at radius 3 is 2.50 bits per heavy atom. The molecule has 8 nitrogen and oxygen atoms in total. The van der Waals surface area contributed by atoms with E-state index >= 15 is 0 Å². The van der Waals surface area contributed by atoms with Crippen LogP contribution in [0.2, 0.25) is 5.02 Å². The molecule has 0 aliphatic carbocycles. The van der Waals surface area contributed by atoms with E-state index in [1.807, 2.05) is 30.3 Å². The Bertz CT molecular complexity index is 1360. The van der Waals surface area contributed by atoms with E-state index in [2.05, 4.69) is 43.4 Å². The molecule has 0 spiro atoms. The van der Waals surface area contributed by atoms with Crippen molar-refractivity contribution in [3.05, 3.63) is 89.1 Å². The molecule has 1 aliphatic rings. The summed E-state index contributed by atoms with van der Waals surface area (Å²) in [5.74, 6) is 0.893. The summed E-state index contributed by atoms with van der Waals surface area (Å²) < 4.78 is 0. The number of amides is 2. The largest absolute Gasteiger partial charge is 0.399 e. The Labute approximate surface area is 201 Å². The Balaban J connectivity index is 1.46. The predicted octanol–water partition coefficient (Wildman–Crippen LogP) is 5.94. The summed E-state index contributed by atoms with van der Waals surface area (Å²) >= 11 is 6.35. The van der Waals surface area contributed by atoms with Crippen LogP contribution in [-0.2, 0) is 12.8 Å². The lowest BCUT2D eigenvalue weighted by atomic mass is 10.0. The highest BCUT2D eigenvalue weighted by molar-refractivity contribution is 6.32. The van der Waals surface area contributed by atoms with Gasteiger partial charge in [-0.25, -0.2) is 9.78 Å². The zero-order chi connectivity index (χ0) is 23.5. The molecule has 6 bridgehead atoms. The van der Waals surface area contributed by atoms with E-state index < -0.39 is 0 Å². The van der Waals surface area contributed by atoms with Crippen molar-refractivity contribution in [3.63, 3.8) is 0 Å². The highest BCUT2D eigenvalue weighted by atomic mass is 35.5. The lowest BCUT2D eigenvalue weighted by molar-refractivity contribution is 0.262. The van der Waals surface area contributed by atoms with Gasteiger partial charge in [0.15, 0.2) is 5.82 Å². The number of benzene rings is 3. The molecule has 1 aromatic heterocycles. The minimum atomic E-state index is -0.356. The molecule has 2 amide bonds. The number of aromatic nitrogens is 2. The molecule has 1 aliphatic heterocycles. The summed E-state index contributed by atoms with van der Waals surface area (Å²) in [6.45, 7) is 0. The van der Waals surface area contributed by atoms with Crippen molar-refractivity contribution in [1.82, 2.24) is 9.97 Å². The second-order valence-corrected chi connectivity index (χ2v) is 8.37. The third-order valence-corrected chi connectivity index (χ3v) is 5.59. The fraction of sp³-hybridized carbons (Fsp3) is 0.0800. The second kappa shape index (κ2) is 9.29. The zero-order valence-corrected chi connectivity index (χ0v) is 18.9. The zero-order valence-electron chi connectivity index (χ0n) is 18.1. The maximum atomic E-state index is 12.6. The number of nitrogens with zero attached hydrogens (tertiary/aromatic N) is 2. The lowest BCUT2D eigenvalue weighted by Gasteiger charge is -2.14. The Morgan fingerprint density at radius 1 is 0.882 bits per heavy atom. The lowest BCUT2D eigenvalue weighted by Crippen LogP contribution is -2.19. The summed E-state index contributed by atoms with van der Waals surface area (Å²) in [7, 11) is 0. The topological polar surface area (TPSA) is 117 Å². The van der Waals surface area contributed by atoms with Crippen LogP contribution in [0, 0.1) is 0 Å². The molecule has 3 aromatic carbocycles. The number of nitrogens with two attached hydrogens (primary N) is 1. The normalized spacial score (nSPS) is 12.1. The average Bonchev–Trinajstić information content (AvgIpc) is 2.81. The van der Waals surface area contributed by atoms with Gasteiger partial charge in [-0.3, -0.25) is 0 Å². The number of nitrogen functional groups attached to an aromatic ring is 1. The first kappa shape index (κ1) is 21.5. The molecule has 0 atom stereocenters. The van der Waals surface area contributed by atoms with Gasteiger partial charge in [-0.15, -0.1) is 0 Å². The van der Waals surface area contributed by atoms with Gasteiger partial charge in [-0.05, 0) is 78.6 Å². The minimum absolute atomic E-state index is 0.356. The van der Waals surface area contributed by atoms with E-state index in [1.165, 1.54) is 5.56 Å². The molecule has 170 valence electrons. The number of urea groups is 1. The van der Waals surface area contributed by atoms with E-state index in [-0.39, 0.29) is 6.03 Å². The first-order valence-electron chi connectivity index (χ1n) is 10.7. The van der Waals surface area contributed by atoms with Crippen molar-refractivity contribution in [2.75, 3.05) is 27.0 Å². The van der Waals surface area contributed by atoms with Gasteiger partial charge in [0.2, 0.25) is 5.95 Å². The van der Waals surface area contributed by atoms with Crippen molar-refractivity contribution in [2.24, 2.45) is 0 Å². The smallest absolute Gasteiger partial charge is 0.323 e. The fourth-order valence-electron chi connectivity index (χ4n) is 3.71. The molecule has 0 saturated carbocycles. The van der Waals surface area contributed by atoms with E-state index in [9.17, 15) is 4.79 Å². The van der Waals surface area contributed by atoms with Gasteiger partial charge in [0, 0.05) is 28.4 Å². The van der Waals surface area contributed by atoms with Crippen molar-refractivity contribution >= 4 is 57.8 Å². The van der Waals surface area contributed by atoms with Crippen LogP contribution in [0.25, 0.3) is 0 Å². The van der Waals surface area contributed by atoms with Gasteiger partial charge >= 0.3 is 6.03 Å². The van der Waals surface area contributed by atoms with Crippen molar-refractivity contribution < 1.29 is 4.79 Å². The number of anilines is 7. The van der Waals surface area contributed by atoms with Gasteiger partial charge in [-0.1, -0.05) is 23.7 Å². The molecule has 5 rings (SSSR count). The highest BCUT2D eigenvalue weighted by Crippen LogP contribution is 2.29. The number of rotatable bonds is 2. The maximum Gasteiger partial charge on any atom is 0.323 e. The van der Waals surface area contributed by atoms with Crippen LogP contribution < -0.4 is 27.0 Å². The Kier molecular flexibility index (Phi) is 5.88. The number of carbonyl (C=O) groups excluding carboxylic acids is 1. The number of fused-ring (bicyclic) bond motifs is 6. The van der Waals surface area contributed by atoms with E-state index in [0.717, 1.165) is 29.8 Å². The van der Waals surface area contributed by atoms with E-state index in [0.29, 0.717) is 33.9 Å². The number of nitrogens with one attached hydrogen (secondary N) is 4. The average molecular weight is 472 g/mol. The van der Waals surface area contributed by atoms with Gasteiger partial charge in [-0.2, -0.15) is 4.98 Å². The van der Waals surface area contributed by atoms with Crippen LogP contribution in [0.5, 0.6) is 0 Å². The number of carbonyl (C=O) groups is 1. The SMILES string of the molecule is Nc1ccc(NC(=O)Nc2cc3cc(c2)Nc2nc(ncc2Cl)Nc2cccc(c2)CC3)cc1. The monoisotopic (exact) mass is 471 g/mol.